The number of hydrogen-bond donors (Lipinski definition) is 1. The van der Waals surface area contributed by atoms with E-state index in [0.29, 0.717) is 0 Å². The molecular formula is C16H19BrN4. The lowest BCUT2D eigenvalue weighted by atomic mass is 10.1. The second-order valence-electron chi connectivity index (χ2n) is 5.95. The Balaban J connectivity index is 1.53. The SMILES string of the molecule is Brc1cc2c(cc1NCc1nnc3n1CCCC3)CCC2. The van der Waals surface area contributed by atoms with Gasteiger partial charge in [0.05, 0.1) is 6.54 Å². The molecule has 1 aliphatic carbocycles. The quantitative estimate of drug-likeness (QED) is 0.924. The summed E-state index contributed by atoms with van der Waals surface area (Å²) in [4.78, 5) is 0. The number of aromatic nitrogens is 3. The third kappa shape index (κ3) is 2.48. The average Bonchev–Trinajstić information content (AvgIpc) is 3.11. The van der Waals surface area contributed by atoms with Gasteiger partial charge in [-0.2, -0.15) is 0 Å². The van der Waals surface area contributed by atoms with Gasteiger partial charge in [0.2, 0.25) is 0 Å². The number of nitrogens with zero attached hydrogens (tertiary/aromatic N) is 3. The molecule has 1 N–H and O–H groups in total. The smallest absolute Gasteiger partial charge is 0.152 e. The molecule has 4 nitrogen and oxygen atoms in total. The van der Waals surface area contributed by atoms with Crippen molar-refractivity contribution in [2.75, 3.05) is 5.32 Å². The van der Waals surface area contributed by atoms with Crippen molar-refractivity contribution in [3.05, 3.63) is 39.4 Å². The lowest BCUT2D eigenvalue weighted by Crippen LogP contribution is -2.15. The maximum Gasteiger partial charge on any atom is 0.152 e. The van der Waals surface area contributed by atoms with Gasteiger partial charge < -0.3 is 9.88 Å². The van der Waals surface area contributed by atoms with Gasteiger partial charge in [0.15, 0.2) is 5.82 Å². The van der Waals surface area contributed by atoms with Crippen LogP contribution in [0.3, 0.4) is 0 Å². The first-order valence-electron chi connectivity index (χ1n) is 7.77. The number of aryl methyl sites for hydroxylation is 3. The summed E-state index contributed by atoms with van der Waals surface area (Å²) in [6.07, 6.45) is 7.24. The molecule has 0 fully saturated rings. The summed E-state index contributed by atoms with van der Waals surface area (Å²) in [5, 5.41) is 12.2. The van der Waals surface area contributed by atoms with Gasteiger partial charge in [0.1, 0.15) is 5.82 Å². The highest BCUT2D eigenvalue weighted by Crippen LogP contribution is 2.32. The minimum Gasteiger partial charge on any atom is -0.377 e. The molecule has 4 rings (SSSR count). The minimum atomic E-state index is 0.740. The Morgan fingerprint density at radius 2 is 1.90 bits per heavy atom. The summed E-state index contributed by atoms with van der Waals surface area (Å²) >= 11 is 3.68. The zero-order chi connectivity index (χ0) is 14.2. The topological polar surface area (TPSA) is 42.7 Å². The van der Waals surface area contributed by atoms with Crippen LogP contribution in [-0.2, 0) is 32.4 Å². The molecule has 0 saturated carbocycles. The molecule has 21 heavy (non-hydrogen) atoms. The fourth-order valence-electron chi connectivity index (χ4n) is 3.40. The highest BCUT2D eigenvalue weighted by molar-refractivity contribution is 9.10. The monoisotopic (exact) mass is 346 g/mol. The lowest BCUT2D eigenvalue weighted by Gasteiger charge is -2.16. The van der Waals surface area contributed by atoms with Crippen molar-refractivity contribution >= 4 is 21.6 Å². The standard InChI is InChI=1S/C16H19BrN4/c17-13-8-11-4-3-5-12(11)9-14(13)18-10-16-20-19-15-6-1-2-7-21(15)16/h8-9,18H,1-7,10H2. The molecule has 2 aromatic rings. The summed E-state index contributed by atoms with van der Waals surface area (Å²) in [6, 6.07) is 4.56. The van der Waals surface area contributed by atoms with E-state index in [4.69, 9.17) is 0 Å². The predicted molar refractivity (Wildman–Crippen MR) is 86.5 cm³/mol. The van der Waals surface area contributed by atoms with E-state index in [9.17, 15) is 0 Å². The number of benzene rings is 1. The van der Waals surface area contributed by atoms with E-state index >= 15 is 0 Å². The lowest BCUT2D eigenvalue weighted by molar-refractivity contribution is 0.510. The molecule has 0 unspecified atom stereocenters. The van der Waals surface area contributed by atoms with E-state index < -0.39 is 0 Å². The molecule has 0 spiro atoms. The minimum absolute atomic E-state index is 0.740. The number of halogens is 1. The van der Waals surface area contributed by atoms with Crippen LogP contribution in [0.15, 0.2) is 16.6 Å². The molecule has 0 atom stereocenters. The van der Waals surface area contributed by atoms with Crippen LogP contribution in [0, 0.1) is 0 Å². The number of rotatable bonds is 3. The van der Waals surface area contributed by atoms with Gasteiger partial charge in [-0.1, -0.05) is 0 Å². The number of fused-ring (bicyclic) bond motifs is 2. The molecule has 0 radical (unpaired) electrons. The van der Waals surface area contributed by atoms with E-state index in [1.807, 2.05) is 0 Å². The number of anilines is 1. The predicted octanol–water partition coefficient (Wildman–Crippen LogP) is 3.48. The summed E-state index contributed by atoms with van der Waals surface area (Å²) in [6.45, 7) is 1.80. The van der Waals surface area contributed by atoms with Crippen molar-refractivity contribution < 1.29 is 0 Å². The van der Waals surface area contributed by atoms with Crippen LogP contribution in [0.1, 0.15) is 42.0 Å². The summed E-state index contributed by atoms with van der Waals surface area (Å²) in [7, 11) is 0. The van der Waals surface area contributed by atoms with E-state index in [1.165, 1.54) is 48.9 Å². The molecule has 1 aliphatic heterocycles. The Morgan fingerprint density at radius 1 is 1.05 bits per heavy atom. The normalized spacial score (nSPS) is 16.6. The van der Waals surface area contributed by atoms with Crippen molar-refractivity contribution in [2.24, 2.45) is 0 Å². The van der Waals surface area contributed by atoms with E-state index in [0.717, 1.165) is 35.6 Å². The highest BCUT2D eigenvalue weighted by atomic mass is 79.9. The van der Waals surface area contributed by atoms with Crippen molar-refractivity contribution in [1.82, 2.24) is 14.8 Å². The maximum absolute atomic E-state index is 4.35. The van der Waals surface area contributed by atoms with Crippen LogP contribution in [0.5, 0.6) is 0 Å². The summed E-state index contributed by atoms with van der Waals surface area (Å²) < 4.78 is 3.43. The first-order chi connectivity index (χ1) is 10.3. The Labute approximate surface area is 133 Å². The second kappa shape index (κ2) is 5.44. The van der Waals surface area contributed by atoms with Crippen LogP contribution in [0.25, 0.3) is 0 Å². The van der Waals surface area contributed by atoms with Gasteiger partial charge in [0.25, 0.3) is 0 Å². The third-order valence-electron chi connectivity index (χ3n) is 4.55. The van der Waals surface area contributed by atoms with Crippen molar-refractivity contribution in [3.63, 3.8) is 0 Å². The summed E-state index contributed by atoms with van der Waals surface area (Å²) in [5.74, 6) is 2.20. The van der Waals surface area contributed by atoms with Gasteiger partial charge in [-0.05, 0) is 71.3 Å². The molecule has 0 bridgehead atoms. The van der Waals surface area contributed by atoms with Gasteiger partial charge in [0, 0.05) is 23.1 Å². The highest BCUT2D eigenvalue weighted by Gasteiger charge is 2.17. The van der Waals surface area contributed by atoms with Gasteiger partial charge in [-0.25, -0.2) is 0 Å². The first kappa shape index (κ1) is 13.3. The largest absolute Gasteiger partial charge is 0.377 e. The van der Waals surface area contributed by atoms with E-state index in [-0.39, 0.29) is 0 Å². The molecule has 0 amide bonds. The molecule has 0 saturated heterocycles. The first-order valence-corrected chi connectivity index (χ1v) is 8.57. The molecule has 1 aromatic heterocycles. The molecular weight excluding hydrogens is 328 g/mol. The van der Waals surface area contributed by atoms with E-state index in [1.54, 1.807) is 0 Å². The molecule has 1 aromatic carbocycles. The van der Waals surface area contributed by atoms with Crippen LogP contribution >= 0.6 is 15.9 Å². The van der Waals surface area contributed by atoms with Gasteiger partial charge in [-0.15, -0.1) is 10.2 Å². The van der Waals surface area contributed by atoms with Gasteiger partial charge >= 0.3 is 0 Å². The van der Waals surface area contributed by atoms with E-state index in [2.05, 4.69) is 48.1 Å². The second-order valence-corrected chi connectivity index (χ2v) is 6.80. The van der Waals surface area contributed by atoms with Crippen LogP contribution in [-0.4, -0.2) is 14.8 Å². The zero-order valence-electron chi connectivity index (χ0n) is 12.0. The Hall–Kier alpha value is -1.36. The molecule has 5 heteroatoms. The molecule has 2 heterocycles. The van der Waals surface area contributed by atoms with Crippen molar-refractivity contribution in [1.29, 1.82) is 0 Å². The Bertz CT molecular complexity index is 677. The maximum atomic E-state index is 4.35. The Kier molecular flexibility index (Phi) is 3.45. The molecule has 2 aliphatic rings. The average molecular weight is 347 g/mol. The van der Waals surface area contributed by atoms with Crippen molar-refractivity contribution in [2.45, 2.75) is 51.6 Å². The fraction of sp³-hybridized carbons (Fsp3) is 0.500. The third-order valence-corrected chi connectivity index (χ3v) is 5.21. The Morgan fingerprint density at radius 3 is 2.81 bits per heavy atom. The van der Waals surface area contributed by atoms with Crippen LogP contribution in [0.2, 0.25) is 0 Å². The molecule has 110 valence electrons. The van der Waals surface area contributed by atoms with Crippen LogP contribution < -0.4 is 5.32 Å². The number of hydrogen-bond acceptors (Lipinski definition) is 3. The van der Waals surface area contributed by atoms with Gasteiger partial charge in [-0.3, -0.25) is 0 Å². The van der Waals surface area contributed by atoms with Crippen LogP contribution in [0.4, 0.5) is 5.69 Å². The van der Waals surface area contributed by atoms with Crippen molar-refractivity contribution in [3.8, 4) is 0 Å². The fourth-order valence-corrected chi connectivity index (χ4v) is 3.93. The zero-order valence-corrected chi connectivity index (χ0v) is 13.6. The summed E-state index contributed by atoms with van der Waals surface area (Å²) in [5.41, 5.74) is 4.15. The number of nitrogens with one attached hydrogen (secondary N) is 1.